The number of aliphatic hydroxyl groups excluding tert-OH is 1. The van der Waals surface area contributed by atoms with Crippen molar-refractivity contribution in [1.82, 2.24) is 4.90 Å². The maximum Gasteiger partial charge on any atom is 0.254 e. The number of amides is 1. The zero-order valence-electron chi connectivity index (χ0n) is 11.2. The second kappa shape index (κ2) is 6.53. The number of carbonyl (C=O) groups excluding carboxylic acids is 1. The van der Waals surface area contributed by atoms with Gasteiger partial charge in [-0.25, -0.2) is 0 Å². The van der Waals surface area contributed by atoms with Crippen LogP contribution in [0, 0.1) is 6.92 Å². The van der Waals surface area contributed by atoms with Gasteiger partial charge < -0.3 is 10.0 Å². The molecule has 0 atom stereocenters. The molecule has 1 N–H and O–H groups in total. The minimum absolute atomic E-state index is 0.100. The Balaban J connectivity index is 2.17. The fourth-order valence-electron chi connectivity index (χ4n) is 2.41. The molecule has 4 heteroatoms. The van der Waals surface area contributed by atoms with Crippen LogP contribution in [-0.4, -0.2) is 35.1 Å². The molecule has 0 aromatic heterocycles. The van der Waals surface area contributed by atoms with Crippen molar-refractivity contribution in [3.05, 3.63) is 33.8 Å². The zero-order valence-corrected chi connectivity index (χ0v) is 12.8. The van der Waals surface area contributed by atoms with Crippen molar-refractivity contribution in [1.29, 1.82) is 0 Å². The Morgan fingerprint density at radius 1 is 1.47 bits per heavy atom. The molecule has 0 saturated heterocycles. The number of rotatable bonds is 5. The number of hydrogen-bond donors (Lipinski definition) is 1. The number of benzene rings is 1. The van der Waals surface area contributed by atoms with Gasteiger partial charge in [0.25, 0.3) is 5.91 Å². The van der Waals surface area contributed by atoms with Crippen molar-refractivity contribution in [3.8, 4) is 0 Å². The summed E-state index contributed by atoms with van der Waals surface area (Å²) >= 11 is 3.42. The smallest absolute Gasteiger partial charge is 0.254 e. The molecule has 0 heterocycles. The van der Waals surface area contributed by atoms with Gasteiger partial charge in [-0.2, -0.15) is 0 Å². The van der Waals surface area contributed by atoms with Gasteiger partial charge >= 0.3 is 0 Å². The van der Waals surface area contributed by atoms with Crippen LogP contribution in [0.15, 0.2) is 22.7 Å². The summed E-state index contributed by atoms with van der Waals surface area (Å²) < 4.78 is 0.993. The lowest BCUT2D eigenvalue weighted by molar-refractivity contribution is 0.0562. The Morgan fingerprint density at radius 3 is 2.74 bits per heavy atom. The number of hydrogen-bond acceptors (Lipinski definition) is 2. The van der Waals surface area contributed by atoms with E-state index in [2.05, 4.69) is 15.9 Å². The molecule has 3 nitrogen and oxygen atoms in total. The topological polar surface area (TPSA) is 40.5 Å². The average molecular weight is 326 g/mol. The van der Waals surface area contributed by atoms with Gasteiger partial charge in [0.05, 0.1) is 0 Å². The first-order chi connectivity index (χ1) is 9.13. The van der Waals surface area contributed by atoms with Crippen LogP contribution in [0.4, 0.5) is 0 Å². The standard InChI is InChI=1S/C15H20BrNO2/c1-11-10-12(16)6-7-14(11)15(19)17(8-3-9-18)13-4-2-5-13/h6-7,10,13,18H,2-5,8-9H2,1H3. The van der Waals surface area contributed by atoms with Crippen molar-refractivity contribution >= 4 is 21.8 Å². The molecule has 0 radical (unpaired) electrons. The minimum atomic E-state index is 0.100. The number of aliphatic hydroxyl groups is 1. The molecule has 1 amide bonds. The monoisotopic (exact) mass is 325 g/mol. The summed E-state index contributed by atoms with van der Waals surface area (Å²) in [5.74, 6) is 0.100. The second-order valence-electron chi connectivity index (χ2n) is 5.12. The largest absolute Gasteiger partial charge is 0.396 e. The van der Waals surface area contributed by atoms with Gasteiger partial charge in [-0.1, -0.05) is 15.9 Å². The molecule has 1 aromatic rings. The van der Waals surface area contributed by atoms with Gasteiger partial charge in [0.15, 0.2) is 0 Å². The molecular formula is C15H20BrNO2. The zero-order chi connectivity index (χ0) is 13.8. The summed E-state index contributed by atoms with van der Waals surface area (Å²) in [5.41, 5.74) is 1.76. The highest BCUT2D eigenvalue weighted by molar-refractivity contribution is 9.10. The first-order valence-corrected chi connectivity index (χ1v) is 7.60. The summed E-state index contributed by atoms with van der Waals surface area (Å²) in [7, 11) is 0. The lowest BCUT2D eigenvalue weighted by Gasteiger charge is -2.38. The van der Waals surface area contributed by atoms with Crippen LogP contribution in [0.25, 0.3) is 0 Å². The van der Waals surface area contributed by atoms with Crippen molar-refractivity contribution in [2.45, 2.75) is 38.6 Å². The fraction of sp³-hybridized carbons (Fsp3) is 0.533. The summed E-state index contributed by atoms with van der Waals surface area (Å²) in [5, 5.41) is 8.99. The van der Waals surface area contributed by atoms with E-state index >= 15 is 0 Å². The Kier molecular flexibility index (Phi) is 4.99. The van der Waals surface area contributed by atoms with Crippen LogP contribution in [0.3, 0.4) is 0 Å². The van der Waals surface area contributed by atoms with E-state index in [-0.39, 0.29) is 12.5 Å². The van der Waals surface area contributed by atoms with E-state index in [1.54, 1.807) is 0 Å². The van der Waals surface area contributed by atoms with Gasteiger partial charge in [-0.05, 0) is 56.4 Å². The number of halogens is 1. The second-order valence-corrected chi connectivity index (χ2v) is 6.04. The third kappa shape index (κ3) is 3.37. The highest BCUT2D eigenvalue weighted by Gasteiger charge is 2.29. The number of nitrogens with zero attached hydrogens (tertiary/aromatic N) is 1. The molecule has 0 unspecified atom stereocenters. The van der Waals surface area contributed by atoms with Crippen LogP contribution in [0.5, 0.6) is 0 Å². The first kappa shape index (κ1) is 14.5. The van der Waals surface area contributed by atoms with Crippen LogP contribution in [-0.2, 0) is 0 Å². The molecule has 0 spiro atoms. The molecule has 0 bridgehead atoms. The third-order valence-corrected chi connectivity index (χ3v) is 4.25. The minimum Gasteiger partial charge on any atom is -0.396 e. The Hall–Kier alpha value is -0.870. The lowest BCUT2D eigenvalue weighted by Crippen LogP contribution is -2.45. The van der Waals surface area contributed by atoms with Crippen LogP contribution >= 0.6 is 15.9 Å². The normalized spacial score (nSPS) is 15.1. The number of aryl methyl sites for hydroxylation is 1. The molecular weight excluding hydrogens is 306 g/mol. The van der Waals surface area contributed by atoms with E-state index in [9.17, 15) is 4.79 Å². The molecule has 2 rings (SSSR count). The van der Waals surface area contributed by atoms with Gasteiger partial charge in [0.2, 0.25) is 0 Å². The van der Waals surface area contributed by atoms with E-state index in [4.69, 9.17) is 5.11 Å². The molecule has 104 valence electrons. The van der Waals surface area contributed by atoms with Crippen molar-refractivity contribution < 1.29 is 9.90 Å². The Morgan fingerprint density at radius 2 is 2.21 bits per heavy atom. The third-order valence-electron chi connectivity index (χ3n) is 3.75. The summed E-state index contributed by atoms with van der Waals surface area (Å²) in [6.45, 7) is 2.74. The molecule has 1 aromatic carbocycles. The van der Waals surface area contributed by atoms with Gasteiger partial charge in [-0.15, -0.1) is 0 Å². The van der Waals surface area contributed by atoms with Crippen molar-refractivity contribution in [3.63, 3.8) is 0 Å². The molecule has 19 heavy (non-hydrogen) atoms. The van der Waals surface area contributed by atoms with Crippen LogP contribution in [0.1, 0.15) is 41.6 Å². The summed E-state index contributed by atoms with van der Waals surface area (Å²) in [6.07, 6.45) is 4.03. The fourth-order valence-corrected chi connectivity index (χ4v) is 2.89. The van der Waals surface area contributed by atoms with Gasteiger partial charge in [-0.3, -0.25) is 4.79 Å². The lowest BCUT2D eigenvalue weighted by atomic mass is 9.90. The molecule has 0 aliphatic heterocycles. The predicted molar refractivity (Wildman–Crippen MR) is 79.3 cm³/mol. The van der Waals surface area contributed by atoms with Gasteiger partial charge in [0, 0.05) is 29.2 Å². The van der Waals surface area contributed by atoms with Crippen molar-refractivity contribution in [2.75, 3.05) is 13.2 Å². The van der Waals surface area contributed by atoms with Crippen LogP contribution in [0.2, 0.25) is 0 Å². The van der Waals surface area contributed by atoms with Gasteiger partial charge in [0.1, 0.15) is 0 Å². The van der Waals surface area contributed by atoms with Crippen LogP contribution < -0.4 is 0 Å². The van der Waals surface area contributed by atoms with E-state index in [0.717, 1.165) is 28.4 Å². The number of carbonyl (C=O) groups is 1. The average Bonchev–Trinajstić information content (AvgIpc) is 2.31. The Labute approximate surface area is 122 Å². The summed E-state index contributed by atoms with van der Waals surface area (Å²) in [4.78, 5) is 14.6. The molecule has 1 fully saturated rings. The SMILES string of the molecule is Cc1cc(Br)ccc1C(=O)N(CCCO)C1CCC1. The van der Waals surface area contributed by atoms with E-state index in [0.29, 0.717) is 19.0 Å². The van der Waals surface area contributed by atoms with E-state index in [1.807, 2.05) is 30.0 Å². The van der Waals surface area contributed by atoms with Crippen molar-refractivity contribution in [2.24, 2.45) is 0 Å². The maximum atomic E-state index is 12.6. The van der Waals surface area contributed by atoms with E-state index < -0.39 is 0 Å². The van der Waals surface area contributed by atoms with E-state index in [1.165, 1.54) is 6.42 Å². The molecule has 1 aliphatic carbocycles. The molecule has 1 saturated carbocycles. The maximum absolute atomic E-state index is 12.6. The quantitative estimate of drug-likeness (QED) is 0.903. The summed E-state index contributed by atoms with van der Waals surface area (Å²) in [6, 6.07) is 6.12. The molecule has 1 aliphatic rings. The highest BCUT2D eigenvalue weighted by atomic mass is 79.9. The predicted octanol–water partition coefficient (Wildman–Crippen LogP) is 3.13. The first-order valence-electron chi connectivity index (χ1n) is 6.81. The Bertz CT molecular complexity index is 457. The highest BCUT2D eigenvalue weighted by Crippen LogP contribution is 2.27.